The molecule has 1 aromatic heterocycles. The lowest BCUT2D eigenvalue weighted by Gasteiger charge is -1.94. The first kappa shape index (κ1) is 12.1. The standard InChI is InChI=1S/C13H7ClN2O2S/c14-9-3-1-8(2-4-9)13-15-11-7-10(16(17)18)5-6-12(11)19-13/h1-7H. The van der Waals surface area contributed by atoms with E-state index in [-0.39, 0.29) is 5.69 Å². The Morgan fingerprint density at radius 3 is 2.58 bits per heavy atom. The molecule has 0 unspecified atom stereocenters. The molecule has 0 fully saturated rings. The molecule has 0 atom stereocenters. The zero-order valence-electron chi connectivity index (χ0n) is 9.54. The van der Waals surface area contributed by atoms with Gasteiger partial charge in [-0.05, 0) is 18.2 Å². The van der Waals surface area contributed by atoms with Crippen LogP contribution in [0, 0.1) is 10.1 Å². The van der Waals surface area contributed by atoms with Crippen molar-refractivity contribution in [2.24, 2.45) is 0 Å². The number of nitro groups is 1. The molecule has 6 heteroatoms. The van der Waals surface area contributed by atoms with Gasteiger partial charge in [0.1, 0.15) is 5.01 Å². The van der Waals surface area contributed by atoms with Gasteiger partial charge < -0.3 is 0 Å². The van der Waals surface area contributed by atoms with Gasteiger partial charge in [-0.25, -0.2) is 4.98 Å². The summed E-state index contributed by atoms with van der Waals surface area (Å²) in [6.45, 7) is 0. The van der Waals surface area contributed by atoms with E-state index in [0.717, 1.165) is 15.3 Å². The van der Waals surface area contributed by atoms with Gasteiger partial charge in [0.15, 0.2) is 0 Å². The molecule has 0 saturated carbocycles. The third-order valence-corrected chi connectivity index (χ3v) is 4.01. The van der Waals surface area contributed by atoms with E-state index in [2.05, 4.69) is 4.98 Å². The SMILES string of the molecule is O=[N+]([O-])c1ccc2sc(-c3ccc(Cl)cc3)nc2c1. The summed E-state index contributed by atoms with van der Waals surface area (Å²) < 4.78 is 0.926. The van der Waals surface area contributed by atoms with Crippen LogP contribution in [-0.4, -0.2) is 9.91 Å². The quantitative estimate of drug-likeness (QED) is 0.515. The Balaban J connectivity index is 2.11. The molecule has 0 spiro atoms. The van der Waals surface area contributed by atoms with Gasteiger partial charge >= 0.3 is 0 Å². The normalized spacial score (nSPS) is 10.8. The van der Waals surface area contributed by atoms with Crippen molar-refractivity contribution in [3.63, 3.8) is 0 Å². The van der Waals surface area contributed by atoms with E-state index in [1.807, 2.05) is 12.1 Å². The zero-order chi connectivity index (χ0) is 13.4. The molecule has 0 aliphatic rings. The van der Waals surface area contributed by atoms with Crippen molar-refractivity contribution in [2.75, 3.05) is 0 Å². The Hall–Kier alpha value is -1.98. The first-order chi connectivity index (χ1) is 9.13. The summed E-state index contributed by atoms with van der Waals surface area (Å²) in [6, 6.07) is 12.1. The number of nitro benzene ring substituents is 1. The molecule has 2 aromatic carbocycles. The maximum Gasteiger partial charge on any atom is 0.271 e. The number of hydrogen-bond donors (Lipinski definition) is 0. The van der Waals surface area contributed by atoms with Crippen molar-refractivity contribution < 1.29 is 4.92 Å². The van der Waals surface area contributed by atoms with Crippen molar-refractivity contribution in [2.45, 2.75) is 0 Å². The Morgan fingerprint density at radius 2 is 1.89 bits per heavy atom. The van der Waals surface area contributed by atoms with E-state index < -0.39 is 4.92 Å². The fourth-order valence-electron chi connectivity index (χ4n) is 1.75. The fourth-order valence-corrected chi connectivity index (χ4v) is 2.82. The van der Waals surface area contributed by atoms with Crippen LogP contribution in [0.4, 0.5) is 5.69 Å². The molecule has 0 bridgehead atoms. The molecule has 3 aromatic rings. The number of rotatable bonds is 2. The number of non-ortho nitro benzene ring substituents is 1. The predicted octanol–water partition coefficient (Wildman–Crippen LogP) is 4.52. The van der Waals surface area contributed by atoms with Gasteiger partial charge in [0.2, 0.25) is 0 Å². The lowest BCUT2D eigenvalue weighted by atomic mass is 10.2. The summed E-state index contributed by atoms with van der Waals surface area (Å²) in [5.41, 5.74) is 1.65. The second-order valence-corrected chi connectivity index (χ2v) is 5.40. The molecule has 0 radical (unpaired) electrons. The maximum atomic E-state index is 10.7. The molecule has 1 heterocycles. The van der Waals surface area contributed by atoms with Gasteiger partial charge in [0, 0.05) is 22.7 Å². The molecule has 0 N–H and O–H groups in total. The molecule has 0 saturated heterocycles. The number of hydrogen-bond acceptors (Lipinski definition) is 4. The Morgan fingerprint density at radius 1 is 1.16 bits per heavy atom. The Bertz CT molecular complexity index is 768. The van der Waals surface area contributed by atoms with Crippen LogP contribution in [0.25, 0.3) is 20.8 Å². The van der Waals surface area contributed by atoms with Crippen molar-refractivity contribution in [1.29, 1.82) is 0 Å². The van der Waals surface area contributed by atoms with Crippen molar-refractivity contribution in [1.82, 2.24) is 4.98 Å². The first-order valence-corrected chi connectivity index (χ1v) is 6.64. The number of benzene rings is 2. The van der Waals surface area contributed by atoms with Crippen LogP contribution in [-0.2, 0) is 0 Å². The van der Waals surface area contributed by atoms with Crippen LogP contribution in [0.5, 0.6) is 0 Å². The molecule has 4 nitrogen and oxygen atoms in total. The molecule has 19 heavy (non-hydrogen) atoms. The van der Waals surface area contributed by atoms with E-state index in [9.17, 15) is 10.1 Å². The van der Waals surface area contributed by atoms with Gasteiger partial charge in [0.25, 0.3) is 5.69 Å². The zero-order valence-corrected chi connectivity index (χ0v) is 11.1. The molecule has 0 amide bonds. The highest BCUT2D eigenvalue weighted by Crippen LogP contribution is 2.32. The number of thiazole rings is 1. The topological polar surface area (TPSA) is 56.0 Å². The van der Waals surface area contributed by atoms with E-state index in [4.69, 9.17) is 11.6 Å². The fraction of sp³-hybridized carbons (Fsp3) is 0. The summed E-state index contributed by atoms with van der Waals surface area (Å²) in [7, 11) is 0. The highest BCUT2D eigenvalue weighted by molar-refractivity contribution is 7.21. The summed E-state index contributed by atoms with van der Waals surface area (Å²) in [5, 5.41) is 12.2. The largest absolute Gasteiger partial charge is 0.271 e. The van der Waals surface area contributed by atoms with Crippen molar-refractivity contribution >= 4 is 38.8 Å². The van der Waals surface area contributed by atoms with Gasteiger partial charge in [0.05, 0.1) is 15.1 Å². The molecular formula is C13H7ClN2O2S. The summed E-state index contributed by atoms with van der Waals surface area (Å²) in [6.07, 6.45) is 0. The van der Waals surface area contributed by atoms with Crippen LogP contribution >= 0.6 is 22.9 Å². The van der Waals surface area contributed by atoms with Crippen LogP contribution in [0.15, 0.2) is 42.5 Å². The average molecular weight is 291 g/mol. The molecular weight excluding hydrogens is 284 g/mol. The van der Waals surface area contributed by atoms with Gasteiger partial charge in [-0.1, -0.05) is 23.7 Å². The molecule has 3 rings (SSSR count). The molecule has 0 aliphatic carbocycles. The van der Waals surface area contributed by atoms with E-state index in [1.165, 1.54) is 23.5 Å². The van der Waals surface area contributed by atoms with Gasteiger partial charge in [-0.15, -0.1) is 11.3 Å². The lowest BCUT2D eigenvalue weighted by Crippen LogP contribution is -1.86. The van der Waals surface area contributed by atoms with Crippen molar-refractivity contribution in [3.05, 3.63) is 57.6 Å². The monoisotopic (exact) mass is 290 g/mol. The number of fused-ring (bicyclic) bond motifs is 1. The minimum absolute atomic E-state index is 0.0560. The molecule has 94 valence electrons. The van der Waals surface area contributed by atoms with Crippen molar-refractivity contribution in [3.8, 4) is 10.6 Å². The third-order valence-electron chi connectivity index (χ3n) is 2.67. The highest BCUT2D eigenvalue weighted by atomic mass is 35.5. The minimum Gasteiger partial charge on any atom is -0.258 e. The van der Waals surface area contributed by atoms with Crippen LogP contribution in [0.1, 0.15) is 0 Å². The number of aromatic nitrogens is 1. The van der Waals surface area contributed by atoms with Crippen LogP contribution in [0.3, 0.4) is 0 Å². The van der Waals surface area contributed by atoms with E-state index in [0.29, 0.717) is 10.5 Å². The summed E-state index contributed by atoms with van der Waals surface area (Å²) in [4.78, 5) is 14.7. The van der Waals surface area contributed by atoms with E-state index in [1.54, 1.807) is 18.2 Å². The van der Waals surface area contributed by atoms with Gasteiger partial charge in [-0.2, -0.15) is 0 Å². The number of nitrogens with zero attached hydrogens (tertiary/aromatic N) is 2. The Kier molecular flexibility index (Phi) is 2.93. The second kappa shape index (κ2) is 4.60. The predicted molar refractivity (Wildman–Crippen MR) is 76.7 cm³/mol. The average Bonchev–Trinajstić information content (AvgIpc) is 2.82. The summed E-state index contributed by atoms with van der Waals surface area (Å²) in [5.74, 6) is 0. The smallest absolute Gasteiger partial charge is 0.258 e. The maximum absolute atomic E-state index is 10.7. The highest BCUT2D eigenvalue weighted by Gasteiger charge is 2.11. The second-order valence-electron chi connectivity index (χ2n) is 3.94. The minimum atomic E-state index is -0.416. The van der Waals surface area contributed by atoms with E-state index >= 15 is 0 Å². The van der Waals surface area contributed by atoms with Gasteiger partial charge in [-0.3, -0.25) is 10.1 Å². The third kappa shape index (κ3) is 2.30. The first-order valence-electron chi connectivity index (χ1n) is 5.44. The van der Waals surface area contributed by atoms with Crippen LogP contribution < -0.4 is 0 Å². The summed E-state index contributed by atoms with van der Waals surface area (Å²) >= 11 is 7.34. The van der Waals surface area contributed by atoms with Crippen LogP contribution in [0.2, 0.25) is 5.02 Å². The Labute approximate surface area is 117 Å². The lowest BCUT2D eigenvalue weighted by molar-refractivity contribution is -0.384. The number of halogens is 1. The molecule has 0 aliphatic heterocycles.